The minimum atomic E-state index is -0.128. The SMILES string of the molecule is Cn1c(-c2ccccc2O)nc2c(-c3[c-]c(-c4cc(-c5cccc6c7ccccc7n(-c7ccccc7)c56)ccn4)cc(C(C)(C)C)c3)cccc21.[Pt]. The van der Waals surface area contributed by atoms with Gasteiger partial charge >= 0.3 is 0 Å². The molecule has 0 atom stereocenters. The number of benzene rings is 6. The van der Waals surface area contributed by atoms with Crippen LogP contribution in [0, 0.1) is 6.07 Å². The summed E-state index contributed by atoms with van der Waals surface area (Å²) < 4.78 is 4.42. The number of rotatable bonds is 5. The fourth-order valence-corrected chi connectivity index (χ4v) is 7.46. The minimum absolute atomic E-state index is 0. The Balaban J connectivity index is 0.00000400. The van der Waals surface area contributed by atoms with Crippen molar-refractivity contribution in [2.24, 2.45) is 7.05 Å². The van der Waals surface area contributed by atoms with Crippen molar-refractivity contribution in [1.82, 2.24) is 19.1 Å². The Morgan fingerprint density at radius 1 is 0.642 bits per heavy atom. The van der Waals surface area contributed by atoms with E-state index in [9.17, 15) is 5.11 Å². The Morgan fingerprint density at radius 2 is 1.30 bits per heavy atom. The summed E-state index contributed by atoms with van der Waals surface area (Å²) in [5.74, 6) is 0.918. The van der Waals surface area contributed by atoms with Crippen LogP contribution < -0.4 is 0 Å². The van der Waals surface area contributed by atoms with Gasteiger partial charge < -0.3 is 14.2 Å². The van der Waals surface area contributed by atoms with Crippen LogP contribution in [0.2, 0.25) is 0 Å². The van der Waals surface area contributed by atoms with Crippen LogP contribution in [0.15, 0.2) is 146 Å². The molecule has 262 valence electrons. The van der Waals surface area contributed by atoms with Crippen LogP contribution in [0.3, 0.4) is 0 Å². The van der Waals surface area contributed by atoms with Crippen molar-refractivity contribution in [1.29, 1.82) is 0 Å². The van der Waals surface area contributed by atoms with Gasteiger partial charge in [0.05, 0.1) is 27.6 Å². The molecule has 0 amide bonds. The zero-order chi connectivity index (χ0) is 35.6. The van der Waals surface area contributed by atoms with Gasteiger partial charge in [-0.3, -0.25) is 4.98 Å². The Kier molecular flexibility index (Phi) is 8.63. The van der Waals surface area contributed by atoms with Crippen LogP contribution in [-0.2, 0) is 33.5 Å². The summed E-state index contributed by atoms with van der Waals surface area (Å²) in [6.07, 6.45) is 1.91. The largest absolute Gasteiger partial charge is 0.507 e. The van der Waals surface area contributed by atoms with Gasteiger partial charge in [-0.05, 0) is 53.4 Å². The fourth-order valence-electron chi connectivity index (χ4n) is 7.46. The number of phenols is 1. The Hall–Kier alpha value is -5.77. The van der Waals surface area contributed by atoms with Gasteiger partial charge in [0.25, 0.3) is 0 Å². The quantitative estimate of drug-likeness (QED) is 0.175. The van der Waals surface area contributed by atoms with E-state index in [1.807, 2.05) is 36.0 Å². The van der Waals surface area contributed by atoms with E-state index in [0.717, 1.165) is 50.2 Å². The van der Waals surface area contributed by atoms with E-state index < -0.39 is 0 Å². The van der Waals surface area contributed by atoms with Gasteiger partial charge in [-0.25, -0.2) is 4.98 Å². The number of imidazole rings is 1. The number of hydrogen-bond acceptors (Lipinski definition) is 3. The number of fused-ring (bicyclic) bond motifs is 4. The predicted octanol–water partition coefficient (Wildman–Crippen LogP) is 11.5. The Bertz CT molecular complexity index is 2810. The van der Waals surface area contributed by atoms with E-state index >= 15 is 0 Å². The molecule has 0 fully saturated rings. The fraction of sp³-hybridized carbons (Fsp3) is 0.106. The third-order valence-corrected chi connectivity index (χ3v) is 10.1. The molecular formula is C47H37N4OPt-. The molecule has 0 saturated heterocycles. The molecule has 0 bridgehead atoms. The molecule has 5 nitrogen and oxygen atoms in total. The van der Waals surface area contributed by atoms with Crippen LogP contribution in [0.1, 0.15) is 26.3 Å². The van der Waals surface area contributed by atoms with Crippen molar-refractivity contribution >= 4 is 32.8 Å². The topological polar surface area (TPSA) is 55.9 Å². The standard InChI is InChI=1S/C47H37N4O.Pt/c1-47(2,3)33-27-31(35-18-13-22-42-44(35)49-46(50(42)4)39-17-9-11-23-43(39)52)26-32(28-33)40-29-30(24-25-48-40)36-19-12-20-38-37-16-8-10-21-41(37)51(45(36)38)34-14-6-5-7-15-34;/h5-25,27-29,52H,1-4H3;/q-1;. The van der Waals surface area contributed by atoms with E-state index in [4.69, 9.17) is 9.97 Å². The average molecular weight is 869 g/mol. The number of aromatic hydroxyl groups is 1. The van der Waals surface area contributed by atoms with Gasteiger partial charge in [0.1, 0.15) is 11.6 Å². The smallest absolute Gasteiger partial charge is 0.143 e. The number of phenolic OH excluding ortho intramolecular Hbond substituents is 1. The first-order valence-corrected chi connectivity index (χ1v) is 17.6. The summed E-state index contributed by atoms with van der Waals surface area (Å²) in [5, 5.41) is 13.1. The van der Waals surface area contributed by atoms with Crippen molar-refractivity contribution in [2.75, 3.05) is 0 Å². The maximum Gasteiger partial charge on any atom is 0.143 e. The molecule has 0 radical (unpaired) electrons. The number of aromatic nitrogens is 4. The van der Waals surface area contributed by atoms with Crippen LogP contribution in [0.5, 0.6) is 5.75 Å². The zero-order valence-corrected chi connectivity index (χ0v) is 32.2. The number of para-hydroxylation sites is 5. The second-order valence-corrected chi connectivity index (χ2v) is 14.5. The average Bonchev–Trinajstić information content (AvgIpc) is 3.69. The van der Waals surface area contributed by atoms with Gasteiger partial charge in [-0.15, -0.1) is 29.3 Å². The molecule has 0 aliphatic heterocycles. The molecule has 0 spiro atoms. The van der Waals surface area contributed by atoms with Gasteiger partial charge in [-0.2, -0.15) is 0 Å². The maximum atomic E-state index is 10.7. The summed E-state index contributed by atoms with van der Waals surface area (Å²) >= 11 is 0. The molecule has 0 saturated carbocycles. The molecule has 1 N–H and O–H groups in total. The van der Waals surface area contributed by atoms with E-state index in [0.29, 0.717) is 11.4 Å². The third-order valence-electron chi connectivity index (χ3n) is 10.1. The van der Waals surface area contributed by atoms with Gasteiger partial charge in [0.15, 0.2) is 0 Å². The van der Waals surface area contributed by atoms with Crippen molar-refractivity contribution < 1.29 is 26.2 Å². The van der Waals surface area contributed by atoms with Crippen LogP contribution in [-0.4, -0.2) is 24.2 Å². The van der Waals surface area contributed by atoms with Crippen molar-refractivity contribution in [3.63, 3.8) is 0 Å². The summed E-state index contributed by atoms with van der Waals surface area (Å²) in [7, 11) is 1.99. The molecule has 0 aliphatic carbocycles. The molecule has 9 aromatic rings. The van der Waals surface area contributed by atoms with Crippen LogP contribution in [0.4, 0.5) is 0 Å². The number of hydrogen-bond donors (Lipinski definition) is 1. The summed E-state index contributed by atoms with van der Waals surface area (Å²) in [6.45, 7) is 6.71. The third kappa shape index (κ3) is 5.86. The molecular weight excluding hydrogens is 832 g/mol. The Morgan fingerprint density at radius 3 is 2.11 bits per heavy atom. The van der Waals surface area contributed by atoms with Crippen molar-refractivity contribution in [3.05, 3.63) is 157 Å². The summed E-state index contributed by atoms with van der Waals surface area (Å²) in [4.78, 5) is 10.1. The monoisotopic (exact) mass is 868 g/mol. The van der Waals surface area contributed by atoms with E-state index in [1.165, 1.54) is 27.4 Å². The predicted molar refractivity (Wildman–Crippen MR) is 214 cm³/mol. The van der Waals surface area contributed by atoms with Gasteiger partial charge in [0.2, 0.25) is 0 Å². The maximum absolute atomic E-state index is 10.7. The van der Waals surface area contributed by atoms with E-state index in [1.54, 1.807) is 6.07 Å². The minimum Gasteiger partial charge on any atom is -0.507 e. The summed E-state index contributed by atoms with van der Waals surface area (Å²) in [5.41, 5.74) is 13.0. The molecule has 3 heterocycles. The molecule has 6 aromatic carbocycles. The molecule has 0 aliphatic rings. The van der Waals surface area contributed by atoms with Crippen LogP contribution >= 0.6 is 0 Å². The summed E-state index contributed by atoms with van der Waals surface area (Å²) in [6, 6.07) is 51.9. The molecule has 9 rings (SSSR count). The normalized spacial score (nSPS) is 11.7. The van der Waals surface area contributed by atoms with Gasteiger partial charge in [-0.1, -0.05) is 117 Å². The zero-order valence-electron chi connectivity index (χ0n) is 29.9. The Labute approximate surface area is 323 Å². The number of aryl methyl sites for hydroxylation is 1. The first kappa shape index (κ1) is 34.3. The first-order chi connectivity index (χ1) is 25.3. The molecule has 6 heteroatoms. The van der Waals surface area contributed by atoms with Gasteiger partial charge in [0, 0.05) is 62.0 Å². The van der Waals surface area contributed by atoms with Crippen LogP contribution in [0.25, 0.3) is 83.4 Å². The van der Waals surface area contributed by atoms with Crippen molar-refractivity contribution in [2.45, 2.75) is 26.2 Å². The molecule has 3 aromatic heterocycles. The number of pyridine rings is 1. The first-order valence-electron chi connectivity index (χ1n) is 17.6. The van der Waals surface area contributed by atoms with E-state index in [-0.39, 0.29) is 32.2 Å². The van der Waals surface area contributed by atoms with Crippen molar-refractivity contribution in [3.8, 4) is 56.3 Å². The second kappa shape index (κ2) is 13.3. The molecule has 0 unspecified atom stereocenters. The molecule has 53 heavy (non-hydrogen) atoms. The van der Waals surface area contributed by atoms with E-state index in [2.05, 4.69) is 147 Å². The second-order valence-electron chi connectivity index (χ2n) is 14.5. The number of nitrogens with zero attached hydrogens (tertiary/aromatic N) is 4.